The van der Waals surface area contributed by atoms with Crippen molar-refractivity contribution in [2.45, 2.75) is 39.0 Å². The van der Waals surface area contributed by atoms with Crippen LogP contribution in [0.25, 0.3) is 0 Å². The number of carbonyl (C=O) groups is 1. The molecule has 0 bridgehead atoms. The van der Waals surface area contributed by atoms with Crippen LogP contribution >= 0.6 is 0 Å². The van der Waals surface area contributed by atoms with Crippen LogP contribution in [0.5, 0.6) is 0 Å². The van der Waals surface area contributed by atoms with Gasteiger partial charge in [-0.3, -0.25) is 4.79 Å². The van der Waals surface area contributed by atoms with Crippen molar-refractivity contribution in [3.05, 3.63) is 59.7 Å². The summed E-state index contributed by atoms with van der Waals surface area (Å²) in [6.07, 6.45) is 6.68. The van der Waals surface area contributed by atoms with Crippen LogP contribution in [-0.4, -0.2) is 58.4 Å². The number of piperidine rings is 2. The number of likely N-dealkylation sites (tertiary alicyclic amines) is 2. The summed E-state index contributed by atoms with van der Waals surface area (Å²) in [5, 5.41) is 0. The maximum atomic E-state index is 12.8. The van der Waals surface area contributed by atoms with Gasteiger partial charge in [-0.15, -0.1) is 0 Å². The zero-order valence-corrected chi connectivity index (χ0v) is 17.0. The second-order valence-electron chi connectivity index (χ2n) is 8.45. The molecule has 2 fully saturated rings. The van der Waals surface area contributed by atoms with E-state index in [0.29, 0.717) is 22.7 Å². The fraction of sp³-hybridized carbons (Fsp3) is 0.522. The Bertz CT molecular complexity index is 797. The van der Waals surface area contributed by atoms with Crippen molar-refractivity contribution in [1.29, 1.82) is 0 Å². The van der Waals surface area contributed by atoms with Crippen LogP contribution in [0.2, 0.25) is 0 Å². The molecular weight excluding hydrogens is 348 g/mol. The van der Waals surface area contributed by atoms with E-state index in [-0.39, 0.29) is 5.91 Å². The van der Waals surface area contributed by atoms with E-state index < -0.39 is 0 Å². The van der Waals surface area contributed by atoms with Crippen molar-refractivity contribution >= 4 is 5.91 Å². The molecule has 2 aromatic rings. The Morgan fingerprint density at radius 3 is 2.46 bits per heavy atom. The number of nitrogens with zero attached hydrogens (tertiary/aromatic N) is 4. The van der Waals surface area contributed by atoms with E-state index in [2.05, 4.69) is 52.1 Å². The second kappa shape index (κ2) is 8.00. The number of amides is 1. The minimum absolute atomic E-state index is 0.0672. The topological polar surface area (TPSA) is 49.3 Å². The third kappa shape index (κ3) is 3.95. The Hall–Kier alpha value is -2.27. The maximum absolute atomic E-state index is 12.8. The minimum atomic E-state index is 0.0672. The molecule has 2 saturated heterocycles. The molecule has 5 nitrogen and oxygen atoms in total. The number of aryl methyl sites for hydroxylation is 1. The van der Waals surface area contributed by atoms with Gasteiger partial charge in [-0.05, 0) is 49.6 Å². The Morgan fingerprint density at radius 1 is 1.14 bits per heavy atom. The van der Waals surface area contributed by atoms with E-state index >= 15 is 0 Å². The Labute approximate surface area is 167 Å². The van der Waals surface area contributed by atoms with Gasteiger partial charge in [0.25, 0.3) is 5.91 Å². The first-order valence-corrected chi connectivity index (χ1v) is 10.4. The molecule has 28 heavy (non-hydrogen) atoms. The van der Waals surface area contributed by atoms with E-state index in [1.807, 2.05) is 11.8 Å². The molecule has 0 N–H and O–H groups in total. The van der Waals surface area contributed by atoms with Crippen LogP contribution in [0.1, 0.15) is 53.8 Å². The van der Waals surface area contributed by atoms with Gasteiger partial charge in [0.2, 0.25) is 0 Å². The zero-order chi connectivity index (χ0) is 19.6. The molecule has 2 aliphatic rings. The van der Waals surface area contributed by atoms with Crippen LogP contribution in [0.3, 0.4) is 0 Å². The van der Waals surface area contributed by atoms with Gasteiger partial charge in [0.15, 0.2) is 0 Å². The lowest BCUT2D eigenvalue weighted by molar-refractivity contribution is 0.0158. The van der Waals surface area contributed by atoms with Crippen molar-refractivity contribution in [3.8, 4) is 0 Å². The number of hydrogen-bond acceptors (Lipinski definition) is 4. The Balaban J connectivity index is 1.45. The highest BCUT2D eigenvalue weighted by Gasteiger charge is 2.42. The molecule has 0 unspecified atom stereocenters. The fourth-order valence-electron chi connectivity index (χ4n) is 4.92. The SMILES string of the molecule is CCN1C[C@@H](c2ccccc2)CC2(CCN(C(=O)c3cnc(C)nc3)CC2)C1. The minimum Gasteiger partial charge on any atom is -0.339 e. The normalized spacial score (nSPS) is 22.4. The molecule has 1 atom stereocenters. The van der Waals surface area contributed by atoms with E-state index in [0.717, 1.165) is 45.6 Å². The van der Waals surface area contributed by atoms with Crippen LogP contribution in [0.4, 0.5) is 0 Å². The third-order valence-corrected chi connectivity index (χ3v) is 6.57. The summed E-state index contributed by atoms with van der Waals surface area (Å²) in [7, 11) is 0. The summed E-state index contributed by atoms with van der Waals surface area (Å²) in [6.45, 7) is 9.14. The molecular formula is C23H30N4O. The largest absolute Gasteiger partial charge is 0.339 e. The van der Waals surface area contributed by atoms with Gasteiger partial charge in [0.1, 0.15) is 5.82 Å². The zero-order valence-electron chi connectivity index (χ0n) is 17.0. The summed E-state index contributed by atoms with van der Waals surface area (Å²) in [4.78, 5) is 25.8. The van der Waals surface area contributed by atoms with E-state index in [4.69, 9.17) is 0 Å². The van der Waals surface area contributed by atoms with Crippen molar-refractivity contribution < 1.29 is 4.79 Å². The molecule has 1 aromatic heterocycles. The summed E-state index contributed by atoms with van der Waals surface area (Å²) in [6, 6.07) is 10.9. The first kappa shape index (κ1) is 19.1. The lowest BCUT2D eigenvalue weighted by Gasteiger charge is -2.50. The molecule has 2 aliphatic heterocycles. The molecule has 1 amide bonds. The van der Waals surface area contributed by atoms with Crippen LogP contribution in [-0.2, 0) is 0 Å². The van der Waals surface area contributed by atoms with Crippen molar-refractivity contribution in [3.63, 3.8) is 0 Å². The van der Waals surface area contributed by atoms with Gasteiger partial charge < -0.3 is 9.80 Å². The lowest BCUT2D eigenvalue weighted by Crippen LogP contribution is -2.52. The maximum Gasteiger partial charge on any atom is 0.256 e. The quantitative estimate of drug-likeness (QED) is 0.820. The molecule has 5 heteroatoms. The molecule has 0 radical (unpaired) electrons. The first-order chi connectivity index (χ1) is 13.6. The number of aromatic nitrogens is 2. The molecule has 1 spiro atoms. The summed E-state index contributed by atoms with van der Waals surface area (Å²) >= 11 is 0. The third-order valence-electron chi connectivity index (χ3n) is 6.57. The summed E-state index contributed by atoms with van der Waals surface area (Å²) in [5.74, 6) is 1.35. The fourth-order valence-corrected chi connectivity index (χ4v) is 4.92. The highest BCUT2D eigenvalue weighted by molar-refractivity contribution is 5.93. The monoisotopic (exact) mass is 378 g/mol. The molecule has 148 valence electrons. The van der Waals surface area contributed by atoms with Crippen LogP contribution in [0.15, 0.2) is 42.7 Å². The van der Waals surface area contributed by atoms with E-state index in [9.17, 15) is 4.79 Å². The molecule has 1 aromatic carbocycles. The summed E-state index contributed by atoms with van der Waals surface area (Å²) in [5.41, 5.74) is 2.37. The Kier molecular flexibility index (Phi) is 5.44. The summed E-state index contributed by atoms with van der Waals surface area (Å²) < 4.78 is 0. The molecule has 3 heterocycles. The number of carbonyl (C=O) groups excluding carboxylic acids is 1. The highest BCUT2D eigenvalue weighted by Crippen LogP contribution is 2.45. The van der Waals surface area contributed by atoms with Gasteiger partial charge in [-0.1, -0.05) is 37.3 Å². The smallest absolute Gasteiger partial charge is 0.256 e. The highest BCUT2D eigenvalue weighted by atomic mass is 16.2. The number of rotatable bonds is 3. The Morgan fingerprint density at radius 2 is 1.82 bits per heavy atom. The van der Waals surface area contributed by atoms with E-state index in [1.165, 1.54) is 12.0 Å². The van der Waals surface area contributed by atoms with Crippen molar-refractivity contribution in [2.75, 3.05) is 32.7 Å². The number of likely N-dealkylation sites (N-methyl/N-ethyl adjacent to an activating group) is 1. The standard InChI is InChI=1S/C23H30N4O/c1-3-26-16-20(19-7-5-4-6-8-19)13-23(17-26)9-11-27(12-10-23)22(28)21-14-24-18(2)25-15-21/h4-8,14-15,20H,3,9-13,16-17H2,1-2H3/t20-/m0/s1. The second-order valence-corrected chi connectivity index (χ2v) is 8.45. The van der Waals surface area contributed by atoms with Gasteiger partial charge in [0.05, 0.1) is 5.56 Å². The van der Waals surface area contributed by atoms with Gasteiger partial charge in [0, 0.05) is 38.6 Å². The molecule has 4 rings (SSSR count). The first-order valence-electron chi connectivity index (χ1n) is 10.4. The van der Waals surface area contributed by atoms with Crippen LogP contribution < -0.4 is 0 Å². The average molecular weight is 379 g/mol. The van der Waals surface area contributed by atoms with Crippen molar-refractivity contribution in [1.82, 2.24) is 19.8 Å². The van der Waals surface area contributed by atoms with Crippen LogP contribution in [0, 0.1) is 12.3 Å². The van der Waals surface area contributed by atoms with Gasteiger partial charge in [-0.2, -0.15) is 0 Å². The lowest BCUT2D eigenvalue weighted by atomic mass is 9.68. The number of hydrogen-bond donors (Lipinski definition) is 0. The molecule has 0 saturated carbocycles. The van der Waals surface area contributed by atoms with Crippen molar-refractivity contribution in [2.24, 2.45) is 5.41 Å². The van der Waals surface area contributed by atoms with Gasteiger partial charge in [-0.25, -0.2) is 9.97 Å². The van der Waals surface area contributed by atoms with Gasteiger partial charge >= 0.3 is 0 Å². The number of benzene rings is 1. The molecule has 0 aliphatic carbocycles. The average Bonchev–Trinajstić information content (AvgIpc) is 2.74. The predicted molar refractivity (Wildman–Crippen MR) is 110 cm³/mol. The van der Waals surface area contributed by atoms with E-state index in [1.54, 1.807) is 12.4 Å². The predicted octanol–water partition coefficient (Wildman–Crippen LogP) is 3.52.